The van der Waals surface area contributed by atoms with Gasteiger partial charge in [-0.25, -0.2) is 0 Å². The van der Waals surface area contributed by atoms with Crippen LogP contribution in [0.4, 0.5) is 5.69 Å². The van der Waals surface area contributed by atoms with Crippen LogP contribution >= 0.6 is 35.0 Å². The van der Waals surface area contributed by atoms with E-state index < -0.39 is 5.25 Å². The molecular weight excluding hydrogens is 441 g/mol. The Morgan fingerprint density at radius 3 is 2.40 bits per heavy atom. The van der Waals surface area contributed by atoms with Crippen molar-refractivity contribution in [2.24, 2.45) is 0 Å². The van der Waals surface area contributed by atoms with E-state index in [1.807, 2.05) is 35.8 Å². The maximum Gasteiger partial charge on any atom is 0.237 e. The van der Waals surface area contributed by atoms with E-state index in [2.05, 4.69) is 36.5 Å². The zero-order valence-electron chi connectivity index (χ0n) is 17.2. The minimum absolute atomic E-state index is 0.109. The molecule has 0 saturated carbocycles. The number of thioether (sulfide) groups is 1. The smallest absolute Gasteiger partial charge is 0.237 e. The predicted octanol–water partition coefficient (Wildman–Crippen LogP) is 3.90. The van der Waals surface area contributed by atoms with Crippen molar-refractivity contribution in [2.45, 2.75) is 30.3 Å². The van der Waals surface area contributed by atoms with Gasteiger partial charge in [0.25, 0.3) is 0 Å². The summed E-state index contributed by atoms with van der Waals surface area (Å²) >= 11 is 13.4. The number of nitrogens with zero attached hydrogens (tertiary/aromatic N) is 3. The van der Waals surface area contributed by atoms with Gasteiger partial charge in [0.05, 0.1) is 19.3 Å². The molecule has 2 atom stereocenters. The molecule has 2 N–H and O–H groups in total. The minimum Gasteiger partial charge on any atom is -0.331 e. The SMILES string of the molecule is C[C@H](c1nnc(S[C@H](C)C(=O)Nc2cccc(Cl)c2)n1-c1ccc(Cl)cc1)[NH+](C)C. The van der Waals surface area contributed by atoms with Gasteiger partial charge in [-0.05, 0) is 56.3 Å². The number of aromatic nitrogens is 3. The highest BCUT2D eigenvalue weighted by Gasteiger charge is 2.26. The van der Waals surface area contributed by atoms with Gasteiger partial charge in [-0.15, -0.1) is 10.2 Å². The van der Waals surface area contributed by atoms with Gasteiger partial charge in [0.15, 0.2) is 11.0 Å². The lowest BCUT2D eigenvalue weighted by Gasteiger charge is -2.19. The zero-order chi connectivity index (χ0) is 21.8. The summed E-state index contributed by atoms with van der Waals surface area (Å²) in [5.41, 5.74) is 1.56. The van der Waals surface area contributed by atoms with Crippen molar-refractivity contribution in [2.75, 3.05) is 19.4 Å². The van der Waals surface area contributed by atoms with Gasteiger partial charge < -0.3 is 10.2 Å². The van der Waals surface area contributed by atoms with E-state index in [0.29, 0.717) is 20.9 Å². The molecule has 0 unspecified atom stereocenters. The molecule has 0 aliphatic carbocycles. The second-order valence-electron chi connectivity index (χ2n) is 7.21. The molecular formula is C21H24Cl2N5OS+. The van der Waals surface area contributed by atoms with Gasteiger partial charge >= 0.3 is 0 Å². The molecule has 1 amide bonds. The Balaban J connectivity index is 1.87. The third kappa shape index (κ3) is 5.35. The first-order valence-electron chi connectivity index (χ1n) is 9.50. The Labute approximate surface area is 190 Å². The molecule has 1 heterocycles. The third-order valence-corrected chi connectivity index (χ3v) is 6.27. The van der Waals surface area contributed by atoms with Crippen LogP contribution in [-0.2, 0) is 4.79 Å². The summed E-state index contributed by atoms with van der Waals surface area (Å²) in [5, 5.41) is 13.2. The quantitative estimate of drug-likeness (QED) is 0.520. The van der Waals surface area contributed by atoms with E-state index in [9.17, 15) is 4.79 Å². The number of carbonyl (C=O) groups excluding carboxylic acids is 1. The summed E-state index contributed by atoms with van der Waals surface area (Å²) in [6.07, 6.45) is 0. The molecule has 30 heavy (non-hydrogen) atoms. The highest BCUT2D eigenvalue weighted by Crippen LogP contribution is 2.28. The summed E-state index contributed by atoms with van der Waals surface area (Å²) in [5.74, 6) is 0.683. The number of carbonyl (C=O) groups is 1. The number of benzene rings is 2. The molecule has 2 aromatic carbocycles. The van der Waals surface area contributed by atoms with E-state index in [1.165, 1.54) is 16.7 Å². The highest BCUT2D eigenvalue weighted by atomic mass is 35.5. The lowest BCUT2D eigenvalue weighted by atomic mass is 10.2. The van der Waals surface area contributed by atoms with E-state index in [0.717, 1.165) is 11.5 Å². The molecule has 9 heteroatoms. The maximum absolute atomic E-state index is 12.7. The molecule has 3 rings (SSSR count). The Kier molecular flexibility index (Phi) is 7.41. The number of anilines is 1. The number of quaternary nitrogens is 1. The van der Waals surface area contributed by atoms with Crippen molar-refractivity contribution in [1.82, 2.24) is 14.8 Å². The van der Waals surface area contributed by atoms with Crippen LogP contribution in [-0.4, -0.2) is 40.0 Å². The monoisotopic (exact) mass is 464 g/mol. The normalized spacial score (nSPS) is 13.3. The van der Waals surface area contributed by atoms with E-state index in [-0.39, 0.29) is 11.9 Å². The standard InChI is InChI=1S/C21H23Cl2N5OS/c1-13(27(3)4)19-25-26-21(28(19)18-10-8-15(22)9-11-18)30-14(2)20(29)24-17-7-5-6-16(23)12-17/h5-14H,1-4H3,(H,24,29)/p+1/t13-,14-/m1/s1. The first-order chi connectivity index (χ1) is 14.3. The molecule has 3 aromatic rings. The maximum atomic E-state index is 12.7. The molecule has 0 spiro atoms. The van der Waals surface area contributed by atoms with Crippen molar-refractivity contribution < 1.29 is 9.69 Å². The minimum atomic E-state index is -0.394. The highest BCUT2D eigenvalue weighted by molar-refractivity contribution is 8.00. The topological polar surface area (TPSA) is 64.2 Å². The molecule has 0 radical (unpaired) electrons. The van der Waals surface area contributed by atoms with Gasteiger partial charge in [-0.1, -0.05) is 41.0 Å². The van der Waals surface area contributed by atoms with Gasteiger partial charge in [0, 0.05) is 21.4 Å². The second kappa shape index (κ2) is 9.83. The van der Waals surface area contributed by atoms with E-state index in [4.69, 9.17) is 23.2 Å². The Hall–Kier alpha value is -2.06. The van der Waals surface area contributed by atoms with Crippen LogP contribution in [0, 0.1) is 0 Å². The fourth-order valence-corrected chi connectivity index (χ4v) is 3.94. The van der Waals surface area contributed by atoms with Gasteiger partial charge in [-0.3, -0.25) is 9.36 Å². The van der Waals surface area contributed by atoms with Crippen LogP contribution in [0.1, 0.15) is 25.7 Å². The Morgan fingerprint density at radius 2 is 1.77 bits per heavy atom. The lowest BCUT2D eigenvalue weighted by molar-refractivity contribution is -0.890. The summed E-state index contributed by atoms with van der Waals surface area (Å²) in [6, 6.07) is 14.7. The van der Waals surface area contributed by atoms with Crippen LogP contribution in [0.2, 0.25) is 10.0 Å². The molecule has 0 aliphatic rings. The first-order valence-corrected chi connectivity index (χ1v) is 11.1. The fourth-order valence-electron chi connectivity index (χ4n) is 2.75. The van der Waals surface area contributed by atoms with E-state index >= 15 is 0 Å². The van der Waals surface area contributed by atoms with Gasteiger partial charge in [-0.2, -0.15) is 0 Å². The van der Waals surface area contributed by atoms with Gasteiger partial charge in [0.1, 0.15) is 6.04 Å². The molecule has 0 aliphatic heterocycles. The Morgan fingerprint density at radius 1 is 1.07 bits per heavy atom. The van der Waals surface area contributed by atoms with Crippen LogP contribution in [0.25, 0.3) is 5.69 Å². The molecule has 158 valence electrons. The molecule has 1 aromatic heterocycles. The summed E-state index contributed by atoms with van der Waals surface area (Å²) in [6.45, 7) is 3.93. The predicted molar refractivity (Wildman–Crippen MR) is 123 cm³/mol. The largest absolute Gasteiger partial charge is 0.331 e. The number of nitrogens with one attached hydrogen (secondary N) is 2. The van der Waals surface area contributed by atoms with Crippen LogP contribution in [0.5, 0.6) is 0 Å². The molecule has 0 saturated heterocycles. The molecule has 6 nitrogen and oxygen atoms in total. The van der Waals surface area contributed by atoms with Crippen LogP contribution in [0.3, 0.4) is 0 Å². The van der Waals surface area contributed by atoms with Crippen molar-refractivity contribution in [3.05, 3.63) is 64.4 Å². The van der Waals surface area contributed by atoms with Crippen molar-refractivity contribution >= 4 is 46.6 Å². The number of halogens is 2. The summed E-state index contributed by atoms with van der Waals surface area (Å²) < 4.78 is 1.99. The average molecular weight is 465 g/mol. The van der Waals surface area contributed by atoms with Crippen LogP contribution in [0.15, 0.2) is 53.7 Å². The number of amides is 1. The van der Waals surface area contributed by atoms with Crippen molar-refractivity contribution in [1.29, 1.82) is 0 Å². The van der Waals surface area contributed by atoms with E-state index in [1.54, 1.807) is 24.3 Å². The first kappa shape index (κ1) is 22.6. The van der Waals surface area contributed by atoms with Gasteiger partial charge in [0.2, 0.25) is 5.91 Å². The number of hydrogen-bond donors (Lipinski definition) is 2. The number of hydrogen-bond acceptors (Lipinski definition) is 4. The fraction of sp³-hybridized carbons (Fsp3) is 0.286. The Bertz CT molecular complexity index is 1020. The number of rotatable bonds is 7. The summed E-state index contributed by atoms with van der Waals surface area (Å²) in [7, 11) is 4.14. The zero-order valence-corrected chi connectivity index (χ0v) is 19.5. The second-order valence-corrected chi connectivity index (χ2v) is 9.39. The average Bonchev–Trinajstić information content (AvgIpc) is 3.11. The third-order valence-electron chi connectivity index (χ3n) is 4.74. The van der Waals surface area contributed by atoms with Crippen molar-refractivity contribution in [3.8, 4) is 5.69 Å². The summed E-state index contributed by atoms with van der Waals surface area (Å²) in [4.78, 5) is 13.9. The molecule has 0 bridgehead atoms. The van der Waals surface area contributed by atoms with Crippen LogP contribution < -0.4 is 10.2 Å². The lowest BCUT2D eigenvalue weighted by Crippen LogP contribution is -3.05. The molecule has 0 fully saturated rings. The van der Waals surface area contributed by atoms with Crippen molar-refractivity contribution in [3.63, 3.8) is 0 Å².